The molecule has 0 aromatic heterocycles. The average Bonchev–Trinajstić information content (AvgIpc) is 2.94. The molecule has 0 aliphatic heterocycles. The van der Waals surface area contributed by atoms with Crippen LogP contribution >= 0.6 is 12.1 Å². The molecular weight excluding hydrogens is 502 g/mol. The zero-order valence-electron chi connectivity index (χ0n) is 19.4. The van der Waals surface area contributed by atoms with Gasteiger partial charge in [0.05, 0.1) is 11.3 Å². The van der Waals surface area contributed by atoms with Crippen LogP contribution in [0.15, 0.2) is 121 Å². The molecule has 1 nitrogen and oxygen atoms in total. The van der Waals surface area contributed by atoms with Gasteiger partial charge in [-0.2, -0.15) is 0 Å². The van der Waals surface area contributed by atoms with E-state index >= 15 is 0 Å². The quantitative estimate of drug-likeness (QED) is 0.296. The number of rotatable bonds is 6. The number of benzene rings is 4. The maximum Gasteiger partial charge on any atom is 0.150 e. The fraction of sp³-hybridized carbons (Fsp3) is 0.167. The average molecular weight is 531 g/mol. The van der Waals surface area contributed by atoms with Crippen LogP contribution in [-0.2, 0) is 28.4 Å². The van der Waals surface area contributed by atoms with E-state index in [0.29, 0.717) is 0 Å². The Balaban J connectivity index is 1.66. The zero-order chi connectivity index (χ0) is 24.3. The second-order valence-corrected chi connectivity index (χ2v) is 18.4. The van der Waals surface area contributed by atoms with Crippen LogP contribution in [0.5, 0.6) is 0 Å². The molecule has 5 rings (SSSR count). The van der Waals surface area contributed by atoms with E-state index in [-0.39, 0.29) is 17.1 Å². The highest BCUT2D eigenvalue weighted by molar-refractivity contribution is 8.23. The number of hydrogen-bond donors (Lipinski definition) is 0. The highest BCUT2D eigenvalue weighted by atomic mass is 32.4. The predicted octanol–water partition coefficient (Wildman–Crippen LogP) is 5.74. The third kappa shape index (κ3) is 4.45. The molecule has 1 fully saturated rings. The lowest BCUT2D eigenvalue weighted by atomic mass is 9.98. The summed E-state index contributed by atoms with van der Waals surface area (Å²) in [6.07, 6.45) is 2.63. The third-order valence-corrected chi connectivity index (χ3v) is 18.1. The van der Waals surface area contributed by atoms with Gasteiger partial charge in [-0.05, 0) is 34.1 Å². The summed E-state index contributed by atoms with van der Waals surface area (Å²) in [5.41, 5.74) is -0.397. The normalized spacial score (nSPS) is 18.8. The molecule has 1 aliphatic carbocycles. The van der Waals surface area contributed by atoms with Gasteiger partial charge in [-0.25, -0.2) is 0 Å². The van der Waals surface area contributed by atoms with Gasteiger partial charge in [0, 0.05) is 12.1 Å². The van der Waals surface area contributed by atoms with Crippen molar-refractivity contribution >= 4 is 62.7 Å². The molecule has 176 valence electrons. The van der Waals surface area contributed by atoms with Crippen LogP contribution in [0.2, 0.25) is 0 Å². The van der Waals surface area contributed by atoms with Gasteiger partial charge in [0.15, 0.2) is 0 Å². The van der Waals surface area contributed by atoms with Gasteiger partial charge in [-0.1, -0.05) is 151 Å². The molecule has 1 saturated carbocycles. The molecule has 0 spiro atoms. The Bertz CT molecular complexity index is 1200. The van der Waals surface area contributed by atoms with Gasteiger partial charge in [-0.3, -0.25) is 4.79 Å². The van der Waals surface area contributed by atoms with Crippen molar-refractivity contribution in [2.45, 2.75) is 30.6 Å². The highest BCUT2D eigenvalue weighted by Crippen LogP contribution is 2.59. The Kier molecular flexibility index (Phi) is 7.33. The lowest BCUT2D eigenvalue weighted by molar-refractivity contribution is -0.119. The Morgan fingerprint density at radius 2 is 0.743 bits per heavy atom. The highest BCUT2D eigenvalue weighted by Gasteiger charge is 2.47. The van der Waals surface area contributed by atoms with Crippen molar-refractivity contribution < 1.29 is 4.79 Å². The van der Waals surface area contributed by atoms with Crippen LogP contribution < -0.4 is 21.2 Å². The van der Waals surface area contributed by atoms with Crippen molar-refractivity contribution in [3.8, 4) is 0 Å². The van der Waals surface area contributed by atoms with E-state index in [2.05, 4.69) is 48.5 Å². The smallest absolute Gasteiger partial charge is 0.150 e. The summed E-state index contributed by atoms with van der Waals surface area (Å²) >= 11 is 13.2. The van der Waals surface area contributed by atoms with E-state index in [1.807, 2.05) is 72.8 Å². The summed E-state index contributed by atoms with van der Waals surface area (Å²) < 4.78 is 0. The second kappa shape index (κ2) is 10.5. The Morgan fingerprint density at radius 1 is 0.486 bits per heavy atom. The topological polar surface area (TPSA) is 17.1 Å². The van der Waals surface area contributed by atoms with Crippen molar-refractivity contribution in [2.75, 3.05) is 0 Å². The Labute approximate surface area is 218 Å². The van der Waals surface area contributed by atoms with Crippen LogP contribution in [0, 0.1) is 0 Å². The number of hydrogen-bond acceptors (Lipinski definition) is 3. The van der Waals surface area contributed by atoms with E-state index in [1.165, 1.54) is 0 Å². The van der Waals surface area contributed by atoms with Crippen molar-refractivity contribution in [3.63, 3.8) is 0 Å². The molecule has 2 atom stereocenters. The molecule has 0 bridgehead atoms. The Morgan fingerprint density at radius 3 is 1.00 bits per heavy atom. The molecule has 0 saturated heterocycles. The van der Waals surface area contributed by atoms with Gasteiger partial charge in [0.25, 0.3) is 0 Å². The summed E-state index contributed by atoms with van der Waals surface area (Å²) in [6.45, 7) is 0. The lowest BCUT2D eigenvalue weighted by Gasteiger charge is -2.41. The number of carbonyl (C=O) groups excluding carboxylic acids is 1. The fourth-order valence-electron chi connectivity index (χ4n) is 5.35. The van der Waals surface area contributed by atoms with Crippen molar-refractivity contribution in [3.05, 3.63) is 121 Å². The summed E-state index contributed by atoms with van der Waals surface area (Å²) in [4.78, 5) is 14.6. The molecule has 0 unspecified atom stereocenters. The molecule has 0 N–H and O–H groups in total. The molecule has 35 heavy (non-hydrogen) atoms. The predicted molar refractivity (Wildman–Crippen MR) is 159 cm³/mol. The maximum absolute atomic E-state index is 14.6. The minimum atomic E-state index is -2.39. The summed E-state index contributed by atoms with van der Waals surface area (Å²) in [5, 5.41) is 4.47. The van der Waals surface area contributed by atoms with Crippen LogP contribution in [0.3, 0.4) is 0 Å². The summed E-state index contributed by atoms with van der Waals surface area (Å²) in [7, 11) is 0. The van der Waals surface area contributed by atoms with E-state index in [9.17, 15) is 4.79 Å². The first kappa shape index (κ1) is 24.5. The molecular formula is C30H28OP2S2. The van der Waals surface area contributed by atoms with Gasteiger partial charge in [-0.15, -0.1) is 0 Å². The fourth-order valence-corrected chi connectivity index (χ4v) is 14.8. The third-order valence-electron chi connectivity index (χ3n) is 7.05. The minimum absolute atomic E-state index is 0.198. The molecule has 4 aromatic rings. The molecule has 0 radical (unpaired) electrons. The van der Waals surface area contributed by atoms with Gasteiger partial charge in [0.2, 0.25) is 0 Å². The molecule has 5 heteroatoms. The zero-order valence-corrected chi connectivity index (χ0v) is 22.9. The first-order chi connectivity index (χ1) is 17.1. The maximum atomic E-state index is 14.6. The summed E-state index contributed by atoms with van der Waals surface area (Å²) in [6, 6.07) is 36.6. The van der Waals surface area contributed by atoms with Gasteiger partial charge >= 0.3 is 0 Å². The number of Topliss-reactive ketones (excluding diaryl/α,β-unsaturated/α-hetero) is 1. The van der Waals surface area contributed by atoms with Gasteiger partial charge < -0.3 is 0 Å². The number of carbonyl (C=O) groups is 1. The van der Waals surface area contributed by atoms with E-state index < -0.39 is 12.1 Å². The first-order valence-corrected chi connectivity index (χ1v) is 17.8. The minimum Gasteiger partial charge on any atom is -0.298 e. The molecule has 0 heterocycles. The first-order valence-electron chi connectivity index (χ1n) is 12.0. The monoisotopic (exact) mass is 530 g/mol. The van der Waals surface area contributed by atoms with Crippen LogP contribution in [0.1, 0.15) is 19.3 Å². The van der Waals surface area contributed by atoms with Crippen LogP contribution in [0.25, 0.3) is 0 Å². The largest absolute Gasteiger partial charge is 0.298 e. The van der Waals surface area contributed by atoms with Gasteiger partial charge in [0.1, 0.15) is 5.78 Å². The number of ketones is 1. The van der Waals surface area contributed by atoms with Crippen molar-refractivity contribution in [1.82, 2.24) is 0 Å². The molecule has 4 aromatic carbocycles. The van der Waals surface area contributed by atoms with E-state index in [0.717, 1.165) is 40.5 Å². The van der Waals surface area contributed by atoms with Crippen molar-refractivity contribution in [2.24, 2.45) is 0 Å². The van der Waals surface area contributed by atoms with E-state index in [1.54, 1.807) is 0 Å². The summed E-state index contributed by atoms with van der Waals surface area (Å²) in [5.74, 6) is 0.281. The second-order valence-electron chi connectivity index (χ2n) is 9.02. The lowest BCUT2D eigenvalue weighted by Crippen LogP contribution is -2.43. The molecule has 0 amide bonds. The van der Waals surface area contributed by atoms with E-state index in [4.69, 9.17) is 23.6 Å². The SMILES string of the molecule is O=C1[C@@H](P(=S)(c2ccccc2)c2ccccc2)CCC[C@@H]1P(=S)(c1ccccc1)c1ccccc1. The molecule has 1 aliphatic rings. The van der Waals surface area contributed by atoms with Crippen LogP contribution in [0.4, 0.5) is 0 Å². The standard InChI is InChI=1S/C30H28OP2S2/c31-30-28(32(34,24-14-5-1-6-15-24)25-16-7-2-8-17-25)22-13-23-29(30)33(35,26-18-9-3-10-19-26)27-20-11-4-12-21-27/h1-12,14-21,28-29H,13,22-23H2/t28-,29-/m0/s1. The van der Waals surface area contributed by atoms with Crippen molar-refractivity contribution in [1.29, 1.82) is 0 Å². The Hall–Kier alpha value is -2.15. The van der Waals surface area contributed by atoms with Crippen LogP contribution in [-0.4, -0.2) is 17.1 Å².